The molecule has 1 aromatic carbocycles. The number of hydrogen-bond acceptors (Lipinski definition) is 5. The average molecular weight is 335 g/mol. The van der Waals surface area contributed by atoms with Gasteiger partial charge in [-0.1, -0.05) is 12.1 Å². The fourth-order valence-corrected chi connectivity index (χ4v) is 2.58. The summed E-state index contributed by atoms with van der Waals surface area (Å²) >= 11 is 0. The second-order valence-electron chi connectivity index (χ2n) is 5.62. The molecule has 0 radical (unpaired) electrons. The minimum Gasteiger partial charge on any atom is -0.481 e. The summed E-state index contributed by atoms with van der Waals surface area (Å²) in [6.45, 7) is 6.19. The first kappa shape index (κ1) is 18.1. The third-order valence-electron chi connectivity index (χ3n) is 3.91. The van der Waals surface area contributed by atoms with E-state index in [1.54, 1.807) is 23.6 Å². The lowest BCUT2D eigenvalue weighted by Gasteiger charge is -2.35. The number of piperazine rings is 1. The molecule has 0 aromatic heterocycles. The maximum absolute atomic E-state index is 12.5. The fraction of sp³-hybridized carbons (Fsp3) is 0.529. The summed E-state index contributed by atoms with van der Waals surface area (Å²) in [5.74, 6) is 0.542. The van der Waals surface area contributed by atoms with Crippen LogP contribution in [0.15, 0.2) is 24.3 Å². The zero-order valence-electron chi connectivity index (χ0n) is 14.2. The minimum atomic E-state index is -0.591. The van der Waals surface area contributed by atoms with Crippen molar-refractivity contribution < 1.29 is 19.1 Å². The molecule has 1 unspecified atom stereocenters. The van der Waals surface area contributed by atoms with E-state index in [2.05, 4.69) is 0 Å². The molecule has 1 saturated heterocycles. The SMILES string of the molecule is CCOC(=O)N1CCN(C(=O)C(C)Oc2cccc(CN)c2)CC1. The molecule has 1 aliphatic heterocycles. The monoisotopic (exact) mass is 335 g/mol. The molecule has 2 N–H and O–H groups in total. The second-order valence-corrected chi connectivity index (χ2v) is 5.62. The Balaban J connectivity index is 1.86. The van der Waals surface area contributed by atoms with Crippen molar-refractivity contribution in [2.24, 2.45) is 5.73 Å². The van der Waals surface area contributed by atoms with Crippen molar-refractivity contribution in [2.75, 3.05) is 32.8 Å². The van der Waals surface area contributed by atoms with Crippen LogP contribution < -0.4 is 10.5 Å². The van der Waals surface area contributed by atoms with Gasteiger partial charge in [0.05, 0.1) is 6.61 Å². The number of carbonyl (C=O) groups excluding carboxylic acids is 2. The van der Waals surface area contributed by atoms with Crippen molar-refractivity contribution in [3.05, 3.63) is 29.8 Å². The van der Waals surface area contributed by atoms with Gasteiger partial charge in [0.1, 0.15) is 5.75 Å². The number of rotatable bonds is 5. The predicted molar refractivity (Wildman–Crippen MR) is 89.6 cm³/mol. The Hall–Kier alpha value is -2.28. The summed E-state index contributed by atoms with van der Waals surface area (Å²) in [5, 5.41) is 0. The summed E-state index contributed by atoms with van der Waals surface area (Å²) in [7, 11) is 0. The smallest absolute Gasteiger partial charge is 0.409 e. The Labute approximate surface area is 142 Å². The van der Waals surface area contributed by atoms with E-state index in [0.717, 1.165) is 5.56 Å². The number of nitrogens with zero attached hydrogens (tertiary/aromatic N) is 2. The first-order valence-electron chi connectivity index (χ1n) is 8.21. The van der Waals surface area contributed by atoms with Gasteiger partial charge >= 0.3 is 6.09 Å². The fourth-order valence-electron chi connectivity index (χ4n) is 2.58. The standard InChI is InChI=1S/C17H25N3O4/c1-3-23-17(22)20-9-7-19(8-10-20)16(21)13(2)24-15-6-4-5-14(11-15)12-18/h4-6,11,13H,3,7-10,12,18H2,1-2H3. The predicted octanol–water partition coefficient (Wildman–Crippen LogP) is 1.21. The lowest BCUT2D eigenvalue weighted by molar-refractivity contribution is -0.139. The van der Waals surface area contributed by atoms with Crippen LogP contribution in [0.1, 0.15) is 19.4 Å². The maximum atomic E-state index is 12.5. The van der Waals surface area contributed by atoms with E-state index in [-0.39, 0.29) is 12.0 Å². The number of amides is 2. The summed E-state index contributed by atoms with van der Waals surface area (Å²) in [4.78, 5) is 27.5. The lowest BCUT2D eigenvalue weighted by atomic mass is 10.2. The van der Waals surface area contributed by atoms with Crippen LogP contribution in [0.3, 0.4) is 0 Å². The Morgan fingerprint density at radius 2 is 1.88 bits per heavy atom. The van der Waals surface area contributed by atoms with Gasteiger partial charge in [-0.3, -0.25) is 4.79 Å². The first-order chi connectivity index (χ1) is 11.5. The van der Waals surface area contributed by atoms with E-state index in [0.29, 0.717) is 45.1 Å². The summed E-state index contributed by atoms with van der Waals surface area (Å²) < 4.78 is 10.7. The number of carbonyl (C=O) groups is 2. The van der Waals surface area contributed by atoms with Gasteiger partial charge in [0.15, 0.2) is 6.10 Å². The van der Waals surface area contributed by atoms with Crippen molar-refractivity contribution in [3.63, 3.8) is 0 Å². The highest BCUT2D eigenvalue weighted by molar-refractivity contribution is 5.81. The van der Waals surface area contributed by atoms with Crippen LogP contribution in [0.2, 0.25) is 0 Å². The van der Waals surface area contributed by atoms with Crippen LogP contribution in [0, 0.1) is 0 Å². The molecule has 0 bridgehead atoms. The van der Waals surface area contributed by atoms with Crippen LogP contribution in [0.5, 0.6) is 5.75 Å². The van der Waals surface area contributed by atoms with E-state index < -0.39 is 6.10 Å². The molecule has 2 rings (SSSR count). The second kappa shape index (κ2) is 8.54. The highest BCUT2D eigenvalue weighted by Gasteiger charge is 2.28. The number of nitrogens with two attached hydrogens (primary N) is 1. The number of ether oxygens (including phenoxy) is 2. The van der Waals surface area contributed by atoms with Crippen molar-refractivity contribution >= 4 is 12.0 Å². The molecule has 7 heteroatoms. The highest BCUT2D eigenvalue weighted by atomic mass is 16.6. The number of benzene rings is 1. The van der Waals surface area contributed by atoms with E-state index in [1.165, 1.54) is 0 Å². The first-order valence-corrected chi connectivity index (χ1v) is 8.21. The van der Waals surface area contributed by atoms with E-state index >= 15 is 0 Å². The highest BCUT2D eigenvalue weighted by Crippen LogP contribution is 2.16. The maximum Gasteiger partial charge on any atom is 0.409 e. The van der Waals surface area contributed by atoms with Crippen molar-refractivity contribution in [1.29, 1.82) is 0 Å². The van der Waals surface area contributed by atoms with E-state index in [4.69, 9.17) is 15.2 Å². The molecular weight excluding hydrogens is 310 g/mol. The zero-order valence-corrected chi connectivity index (χ0v) is 14.2. The van der Waals surface area contributed by atoms with Crippen molar-refractivity contribution in [2.45, 2.75) is 26.5 Å². The van der Waals surface area contributed by atoms with Crippen molar-refractivity contribution in [1.82, 2.24) is 9.80 Å². The summed E-state index contributed by atoms with van der Waals surface area (Å²) in [6, 6.07) is 7.41. The van der Waals surface area contributed by atoms with Crippen LogP contribution in [-0.4, -0.2) is 60.7 Å². The van der Waals surface area contributed by atoms with Gasteiger partial charge in [-0.05, 0) is 31.5 Å². The lowest BCUT2D eigenvalue weighted by Crippen LogP contribution is -2.53. The third-order valence-corrected chi connectivity index (χ3v) is 3.91. The zero-order chi connectivity index (χ0) is 17.5. The molecular formula is C17H25N3O4. The molecule has 0 spiro atoms. The van der Waals surface area contributed by atoms with Gasteiger partial charge in [0.2, 0.25) is 0 Å². The molecule has 1 heterocycles. The Kier molecular flexibility index (Phi) is 6.43. The van der Waals surface area contributed by atoms with E-state index in [9.17, 15) is 9.59 Å². The third kappa shape index (κ3) is 4.61. The normalized spacial score (nSPS) is 15.8. The summed E-state index contributed by atoms with van der Waals surface area (Å²) in [5.41, 5.74) is 6.57. The molecule has 132 valence electrons. The molecule has 1 aliphatic rings. The Bertz CT molecular complexity index is 571. The van der Waals surface area contributed by atoms with Gasteiger partial charge in [-0.2, -0.15) is 0 Å². The van der Waals surface area contributed by atoms with Crippen LogP contribution >= 0.6 is 0 Å². The van der Waals surface area contributed by atoms with Gasteiger partial charge < -0.3 is 25.0 Å². The molecule has 2 amide bonds. The van der Waals surface area contributed by atoms with E-state index in [1.807, 2.05) is 24.3 Å². The average Bonchev–Trinajstić information content (AvgIpc) is 2.61. The molecule has 1 fully saturated rings. The van der Waals surface area contributed by atoms with Crippen molar-refractivity contribution in [3.8, 4) is 5.75 Å². The molecule has 24 heavy (non-hydrogen) atoms. The molecule has 0 aliphatic carbocycles. The van der Waals surface area contributed by atoms with Crippen LogP contribution in [0.4, 0.5) is 4.79 Å². The summed E-state index contributed by atoms with van der Waals surface area (Å²) in [6.07, 6.45) is -0.917. The quantitative estimate of drug-likeness (QED) is 0.874. The largest absolute Gasteiger partial charge is 0.481 e. The molecule has 1 aromatic rings. The Morgan fingerprint density at radius 1 is 1.21 bits per heavy atom. The van der Waals surface area contributed by atoms with Crippen LogP contribution in [-0.2, 0) is 16.1 Å². The van der Waals surface area contributed by atoms with Gasteiger partial charge in [-0.15, -0.1) is 0 Å². The Morgan fingerprint density at radius 3 is 2.50 bits per heavy atom. The molecule has 7 nitrogen and oxygen atoms in total. The molecule has 1 atom stereocenters. The minimum absolute atomic E-state index is 0.0864. The number of hydrogen-bond donors (Lipinski definition) is 1. The topological polar surface area (TPSA) is 85.1 Å². The van der Waals surface area contributed by atoms with Crippen LogP contribution in [0.25, 0.3) is 0 Å². The van der Waals surface area contributed by atoms with Gasteiger partial charge in [0.25, 0.3) is 5.91 Å². The molecule has 0 saturated carbocycles. The van der Waals surface area contributed by atoms with Gasteiger partial charge in [0, 0.05) is 32.7 Å². The van der Waals surface area contributed by atoms with Gasteiger partial charge in [-0.25, -0.2) is 4.79 Å².